The molecule has 0 radical (unpaired) electrons. The summed E-state index contributed by atoms with van der Waals surface area (Å²) in [7, 11) is 0. The number of hydrogen-bond acceptors (Lipinski definition) is 3. The standard InChI is InChI=1S/C20H20N2O4/c1-2-13-6-8-17(9-7-13)22-12-15(11-18(22)23)19(24)21-16-5-3-4-14(10-16)20(25)26/h3-10,15H,2,11-12H2,1H3,(H,21,24)(H,25,26). The van der Waals surface area contributed by atoms with E-state index in [0.29, 0.717) is 12.2 Å². The number of amides is 2. The fourth-order valence-electron chi connectivity index (χ4n) is 3.02. The van der Waals surface area contributed by atoms with Crippen molar-refractivity contribution in [1.82, 2.24) is 0 Å². The maximum Gasteiger partial charge on any atom is 0.335 e. The Kier molecular flexibility index (Phi) is 5.02. The van der Waals surface area contributed by atoms with Crippen molar-refractivity contribution in [3.8, 4) is 0 Å². The highest BCUT2D eigenvalue weighted by Gasteiger charge is 2.35. The molecule has 1 fully saturated rings. The van der Waals surface area contributed by atoms with Crippen LogP contribution in [-0.4, -0.2) is 29.4 Å². The van der Waals surface area contributed by atoms with Crippen LogP contribution in [0, 0.1) is 5.92 Å². The average Bonchev–Trinajstić information content (AvgIpc) is 3.04. The van der Waals surface area contributed by atoms with Gasteiger partial charge in [0.2, 0.25) is 11.8 Å². The number of carboxylic acids is 1. The van der Waals surface area contributed by atoms with Crippen molar-refractivity contribution in [1.29, 1.82) is 0 Å². The summed E-state index contributed by atoms with van der Waals surface area (Å²) < 4.78 is 0. The van der Waals surface area contributed by atoms with E-state index < -0.39 is 11.9 Å². The second-order valence-electron chi connectivity index (χ2n) is 6.30. The molecule has 6 heteroatoms. The van der Waals surface area contributed by atoms with Gasteiger partial charge in [0.1, 0.15) is 0 Å². The largest absolute Gasteiger partial charge is 0.478 e. The molecule has 26 heavy (non-hydrogen) atoms. The smallest absolute Gasteiger partial charge is 0.335 e. The molecule has 1 heterocycles. The Hall–Kier alpha value is -3.15. The van der Waals surface area contributed by atoms with E-state index in [4.69, 9.17) is 5.11 Å². The van der Waals surface area contributed by atoms with E-state index >= 15 is 0 Å². The van der Waals surface area contributed by atoms with Crippen LogP contribution in [0.3, 0.4) is 0 Å². The van der Waals surface area contributed by atoms with Crippen LogP contribution in [0.25, 0.3) is 0 Å². The van der Waals surface area contributed by atoms with Crippen LogP contribution in [-0.2, 0) is 16.0 Å². The molecule has 0 bridgehead atoms. The Morgan fingerprint density at radius 1 is 1.19 bits per heavy atom. The van der Waals surface area contributed by atoms with Crippen molar-refractivity contribution in [3.05, 3.63) is 59.7 Å². The number of aromatic carboxylic acids is 1. The average molecular weight is 352 g/mol. The van der Waals surface area contributed by atoms with Crippen molar-refractivity contribution >= 4 is 29.2 Å². The molecule has 2 N–H and O–H groups in total. The van der Waals surface area contributed by atoms with Crippen molar-refractivity contribution in [2.24, 2.45) is 5.92 Å². The highest BCUT2D eigenvalue weighted by atomic mass is 16.4. The third kappa shape index (κ3) is 3.74. The summed E-state index contributed by atoms with van der Waals surface area (Å²) in [5.74, 6) is -1.90. The minimum Gasteiger partial charge on any atom is -0.478 e. The summed E-state index contributed by atoms with van der Waals surface area (Å²) in [4.78, 5) is 37.4. The number of anilines is 2. The van der Waals surface area contributed by atoms with Crippen molar-refractivity contribution in [2.75, 3.05) is 16.8 Å². The van der Waals surface area contributed by atoms with Crippen LogP contribution in [0.15, 0.2) is 48.5 Å². The molecule has 1 unspecified atom stereocenters. The van der Waals surface area contributed by atoms with Gasteiger partial charge in [-0.1, -0.05) is 25.1 Å². The molecule has 1 atom stereocenters. The topological polar surface area (TPSA) is 86.7 Å². The minimum atomic E-state index is -1.06. The number of carboxylic acid groups (broad SMARTS) is 1. The lowest BCUT2D eigenvalue weighted by atomic mass is 10.1. The van der Waals surface area contributed by atoms with Crippen LogP contribution in [0.5, 0.6) is 0 Å². The van der Waals surface area contributed by atoms with Crippen LogP contribution < -0.4 is 10.2 Å². The second kappa shape index (κ2) is 7.39. The second-order valence-corrected chi connectivity index (χ2v) is 6.30. The molecule has 6 nitrogen and oxygen atoms in total. The molecule has 0 aliphatic carbocycles. The summed E-state index contributed by atoms with van der Waals surface area (Å²) in [5, 5.41) is 11.7. The predicted molar refractivity (Wildman–Crippen MR) is 98.3 cm³/mol. The molecule has 1 aliphatic heterocycles. The first kappa shape index (κ1) is 17.7. The monoisotopic (exact) mass is 352 g/mol. The molecule has 2 aromatic rings. The SMILES string of the molecule is CCc1ccc(N2CC(C(=O)Nc3cccc(C(=O)O)c3)CC2=O)cc1. The van der Waals surface area contributed by atoms with E-state index in [2.05, 4.69) is 12.2 Å². The Bertz CT molecular complexity index is 845. The number of aryl methyl sites for hydroxylation is 1. The molecule has 2 aromatic carbocycles. The van der Waals surface area contributed by atoms with E-state index in [9.17, 15) is 14.4 Å². The lowest BCUT2D eigenvalue weighted by molar-refractivity contribution is -0.122. The Morgan fingerprint density at radius 2 is 1.92 bits per heavy atom. The van der Waals surface area contributed by atoms with Gasteiger partial charge in [0.15, 0.2) is 0 Å². The zero-order valence-electron chi connectivity index (χ0n) is 14.4. The van der Waals surface area contributed by atoms with E-state index in [1.807, 2.05) is 24.3 Å². The lowest BCUT2D eigenvalue weighted by Gasteiger charge is -2.17. The number of hydrogen-bond donors (Lipinski definition) is 2. The van der Waals surface area contributed by atoms with Gasteiger partial charge in [0.05, 0.1) is 11.5 Å². The summed E-state index contributed by atoms with van der Waals surface area (Å²) in [5.41, 5.74) is 2.49. The number of carbonyl (C=O) groups is 3. The van der Waals surface area contributed by atoms with Crippen LogP contribution >= 0.6 is 0 Å². The molecule has 1 aliphatic rings. The molecule has 0 aromatic heterocycles. The van der Waals surface area contributed by atoms with Gasteiger partial charge in [-0.25, -0.2) is 4.79 Å². The van der Waals surface area contributed by atoms with Crippen molar-refractivity contribution < 1.29 is 19.5 Å². The zero-order chi connectivity index (χ0) is 18.7. The summed E-state index contributed by atoms with van der Waals surface area (Å²) in [6.45, 7) is 2.38. The van der Waals surface area contributed by atoms with Crippen LogP contribution in [0.2, 0.25) is 0 Å². The summed E-state index contributed by atoms with van der Waals surface area (Å²) >= 11 is 0. The van der Waals surface area contributed by atoms with Gasteiger partial charge in [0, 0.05) is 24.3 Å². The van der Waals surface area contributed by atoms with Gasteiger partial charge in [-0.3, -0.25) is 9.59 Å². The van der Waals surface area contributed by atoms with Gasteiger partial charge in [0.25, 0.3) is 0 Å². The first-order chi connectivity index (χ1) is 12.5. The Balaban J connectivity index is 1.68. The normalized spacial score (nSPS) is 16.6. The highest BCUT2D eigenvalue weighted by molar-refractivity contribution is 6.03. The molecule has 2 amide bonds. The Morgan fingerprint density at radius 3 is 2.58 bits per heavy atom. The molecule has 0 saturated carbocycles. The van der Waals surface area contributed by atoms with E-state index in [1.165, 1.54) is 17.7 Å². The minimum absolute atomic E-state index is 0.0892. The van der Waals surface area contributed by atoms with Gasteiger partial charge >= 0.3 is 5.97 Å². The van der Waals surface area contributed by atoms with Crippen LogP contribution in [0.4, 0.5) is 11.4 Å². The number of benzene rings is 2. The molecule has 134 valence electrons. The van der Waals surface area contributed by atoms with Crippen molar-refractivity contribution in [2.45, 2.75) is 19.8 Å². The molecular weight excluding hydrogens is 332 g/mol. The van der Waals surface area contributed by atoms with E-state index in [0.717, 1.165) is 12.1 Å². The fourth-order valence-corrected chi connectivity index (χ4v) is 3.02. The Labute approximate surface area is 151 Å². The number of carbonyl (C=O) groups excluding carboxylic acids is 2. The molecular formula is C20H20N2O4. The summed E-state index contributed by atoms with van der Waals surface area (Å²) in [6.07, 6.45) is 1.06. The predicted octanol–water partition coefficient (Wildman–Crippen LogP) is 2.94. The lowest BCUT2D eigenvalue weighted by Crippen LogP contribution is -2.28. The highest BCUT2D eigenvalue weighted by Crippen LogP contribution is 2.26. The fraction of sp³-hybridized carbons (Fsp3) is 0.250. The number of rotatable bonds is 5. The molecule has 0 spiro atoms. The zero-order valence-corrected chi connectivity index (χ0v) is 14.4. The van der Waals surface area contributed by atoms with Gasteiger partial charge in [-0.05, 0) is 42.3 Å². The summed E-state index contributed by atoms with van der Waals surface area (Å²) in [6, 6.07) is 13.8. The third-order valence-corrected chi connectivity index (χ3v) is 4.53. The van der Waals surface area contributed by atoms with Gasteiger partial charge < -0.3 is 15.3 Å². The van der Waals surface area contributed by atoms with E-state index in [-0.39, 0.29) is 23.8 Å². The number of nitrogens with zero attached hydrogens (tertiary/aromatic N) is 1. The number of nitrogens with one attached hydrogen (secondary N) is 1. The quantitative estimate of drug-likeness (QED) is 0.866. The third-order valence-electron chi connectivity index (χ3n) is 4.53. The first-order valence-electron chi connectivity index (χ1n) is 8.51. The van der Waals surface area contributed by atoms with Crippen LogP contribution in [0.1, 0.15) is 29.3 Å². The maximum absolute atomic E-state index is 12.5. The van der Waals surface area contributed by atoms with Gasteiger partial charge in [-0.15, -0.1) is 0 Å². The van der Waals surface area contributed by atoms with Crippen molar-refractivity contribution in [3.63, 3.8) is 0 Å². The molecule has 1 saturated heterocycles. The first-order valence-corrected chi connectivity index (χ1v) is 8.51. The maximum atomic E-state index is 12.5. The van der Waals surface area contributed by atoms with E-state index in [1.54, 1.807) is 17.0 Å². The molecule has 3 rings (SSSR count). The van der Waals surface area contributed by atoms with Gasteiger partial charge in [-0.2, -0.15) is 0 Å².